The quantitative estimate of drug-likeness (QED) is 0.837. The average molecular weight is 271 g/mol. The predicted molar refractivity (Wildman–Crippen MR) is 81.6 cm³/mol. The van der Waals surface area contributed by atoms with Gasteiger partial charge in [-0.05, 0) is 44.2 Å². The third kappa shape index (κ3) is 2.42. The second-order valence-corrected chi connectivity index (χ2v) is 6.56. The van der Waals surface area contributed by atoms with E-state index in [1.165, 1.54) is 18.4 Å². The molecule has 2 heteroatoms. The van der Waals surface area contributed by atoms with Gasteiger partial charge in [-0.25, -0.2) is 0 Å². The fraction of sp³-hybridized carbons (Fsp3) is 0.611. The maximum atomic E-state index is 12.7. The number of nitrogens with zero attached hydrogens (tertiary/aromatic N) is 1. The zero-order valence-electron chi connectivity index (χ0n) is 12.6. The molecule has 2 aliphatic rings. The maximum absolute atomic E-state index is 12.7. The fourth-order valence-electron chi connectivity index (χ4n) is 4.29. The summed E-state index contributed by atoms with van der Waals surface area (Å²) in [5.74, 6) is 1.47. The van der Waals surface area contributed by atoms with Crippen LogP contribution in [0.4, 0.5) is 0 Å². The molecule has 2 aliphatic heterocycles. The number of likely N-dealkylation sites (N-methyl/N-ethyl adjacent to an activating group) is 1. The minimum Gasteiger partial charge on any atom is -0.298 e. The number of Topliss-reactive ketones (excluding diaryl/α,β-unsaturated/α-hetero) is 1. The molecule has 2 nitrogen and oxygen atoms in total. The minimum atomic E-state index is 0.194. The summed E-state index contributed by atoms with van der Waals surface area (Å²) >= 11 is 0. The Morgan fingerprint density at radius 3 is 2.65 bits per heavy atom. The van der Waals surface area contributed by atoms with Crippen LogP contribution < -0.4 is 0 Å². The Bertz CT molecular complexity index is 470. The molecule has 0 unspecified atom stereocenters. The van der Waals surface area contributed by atoms with Crippen molar-refractivity contribution in [3.63, 3.8) is 0 Å². The fourth-order valence-corrected chi connectivity index (χ4v) is 4.29. The van der Waals surface area contributed by atoms with Crippen molar-refractivity contribution in [2.45, 2.75) is 51.1 Å². The summed E-state index contributed by atoms with van der Waals surface area (Å²) in [7, 11) is 2.15. The largest absolute Gasteiger partial charge is 0.298 e. The van der Waals surface area contributed by atoms with Gasteiger partial charge in [0, 0.05) is 12.0 Å². The summed E-state index contributed by atoms with van der Waals surface area (Å²) in [4.78, 5) is 15.1. The second-order valence-electron chi connectivity index (χ2n) is 6.56. The standard InChI is InChI=1S/C18H25NO/c1-3-7-14-11-17-18(20)15(12-16(14)19(17)2)10-13-8-5-4-6-9-13/h4-6,8-9,14-17H,3,7,10-12H2,1-2H3/t14-,15-,16+,17+/m0/s1. The Hall–Kier alpha value is -1.15. The lowest BCUT2D eigenvalue weighted by atomic mass is 9.84. The van der Waals surface area contributed by atoms with Crippen molar-refractivity contribution >= 4 is 5.78 Å². The minimum absolute atomic E-state index is 0.194. The van der Waals surface area contributed by atoms with Gasteiger partial charge in [0.25, 0.3) is 0 Å². The molecule has 0 spiro atoms. The molecule has 0 saturated carbocycles. The van der Waals surface area contributed by atoms with Gasteiger partial charge >= 0.3 is 0 Å². The highest BCUT2D eigenvalue weighted by Crippen LogP contribution is 2.42. The van der Waals surface area contributed by atoms with Gasteiger partial charge in [0.15, 0.2) is 5.78 Å². The van der Waals surface area contributed by atoms with Gasteiger partial charge in [-0.15, -0.1) is 0 Å². The van der Waals surface area contributed by atoms with Crippen molar-refractivity contribution in [2.75, 3.05) is 7.05 Å². The number of rotatable bonds is 4. The molecule has 2 heterocycles. The first-order valence-corrected chi connectivity index (χ1v) is 8.00. The number of piperidine rings is 1. The monoisotopic (exact) mass is 271 g/mol. The van der Waals surface area contributed by atoms with Crippen LogP contribution in [0, 0.1) is 11.8 Å². The smallest absolute Gasteiger partial charge is 0.153 e. The van der Waals surface area contributed by atoms with Crippen molar-refractivity contribution in [3.8, 4) is 0 Å². The SMILES string of the molecule is CCC[C@H]1C[C@@H]2C(=O)[C@@H](Cc3ccccc3)C[C@H]1N2C. The number of carbonyl (C=O) groups is 1. The molecular formula is C18H25NO. The van der Waals surface area contributed by atoms with Crippen LogP contribution in [0.5, 0.6) is 0 Å². The third-order valence-electron chi connectivity index (χ3n) is 5.33. The Balaban J connectivity index is 1.74. The van der Waals surface area contributed by atoms with Gasteiger partial charge < -0.3 is 0 Å². The normalized spacial score (nSPS) is 33.6. The van der Waals surface area contributed by atoms with Gasteiger partial charge in [0.2, 0.25) is 0 Å². The van der Waals surface area contributed by atoms with Gasteiger partial charge in [-0.1, -0.05) is 43.7 Å². The number of fused-ring (bicyclic) bond motifs is 2. The maximum Gasteiger partial charge on any atom is 0.153 e. The van der Waals surface area contributed by atoms with Crippen molar-refractivity contribution in [2.24, 2.45) is 11.8 Å². The van der Waals surface area contributed by atoms with E-state index in [2.05, 4.69) is 43.1 Å². The molecule has 1 aromatic carbocycles. The van der Waals surface area contributed by atoms with Crippen molar-refractivity contribution < 1.29 is 4.79 Å². The lowest BCUT2D eigenvalue weighted by molar-refractivity contribution is -0.130. The van der Waals surface area contributed by atoms with Gasteiger partial charge in [-0.3, -0.25) is 9.69 Å². The lowest BCUT2D eigenvalue weighted by Gasteiger charge is -2.36. The summed E-state index contributed by atoms with van der Waals surface area (Å²) in [5.41, 5.74) is 1.31. The van der Waals surface area contributed by atoms with E-state index < -0.39 is 0 Å². The van der Waals surface area contributed by atoms with Crippen molar-refractivity contribution in [3.05, 3.63) is 35.9 Å². The molecule has 2 bridgehead atoms. The molecule has 20 heavy (non-hydrogen) atoms. The van der Waals surface area contributed by atoms with Crippen LogP contribution in [0.15, 0.2) is 30.3 Å². The topological polar surface area (TPSA) is 20.3 Å². The average Bonchev–Trinajstić information content (AvgIpc) is 2.68. The van der Waals surface area contributed by atoms with E-state index >= 15 is 0 Å². The Labute approximate surface area is 122 Å². The first kappa shape index (κ1) is 13.8. The van der Waals surface area contributed by atoms with Crippen LogP contribution in [-0.2, 0) is 11.2 Å². The summed E-state index contributed by atoms with van der Waals surface area (Å²) in [6, 6.07) is 11.3. The third-order valence-corrected chi connectivity index (χ3v) is 5.33. The van der Waals surface area contributed by atoms with E-state index in [0.717, 1.165) is 25.2 Å². The molecule has 0 N–H and O–H groups in total. The molecule has 4 atom stereocenters. The summed E-state index contributed by atoms with van der Waals surface area (Å²) in [5, 5.41) is 0. The zero-order valence-corrected chi connectivity index (χ0v) is 12.6. The highest BCUT2D eigenvalue weighted by Gasteiger charge is 2.48. The first-order chi connectivity index (χ1) is 9.70. The summed E-state index contributed by atoms with van der Waals surface area (Å²) in [6.07, 6.45) is 5.60. The van der Waals surface area contributed by atoms with Gasteiger partial charge in [-0.2, -0.15) is 0 Å². The van der Waals surface area contributed by atoms with Crippen LogP contribution >= 0.6 is 0 Å². The second kappa shape index (κ2) is 5.69. The molecule has 0 amide bonds. The van der Waals surface area contributed by atoms with E-state index in [1.54, 1.807) is 0 Å². The van der Waals surface area contributed by atoms with E-state index in [9.17, 15) is 4.79 Å². The highest BCUT2D eigenvalue weighted by atomic mass is 16.1. The van der Waals surface area contributed by atoms with E-state index in [1.807, 2.05) is 6.07 Å². The molecular weight excluding hydrogens is 246 g/mol. The van der Waals surface area contributed by atoms with Crippen LogP contribution in [0.3, 0.4) is 0 Å². The number of hydrogen-bond acceptors (Lipinski definition) is 2. The van der Waals surface area contributed by atoms with Crippen LogP contribution in [0.1, 0.15) is 38.2 Å². The van der Waals surface area contributed by atoms with E-state index in [-0.39, 0.29) is 12.0 Å². The summed E-state index contributed by atoms with van der Waals surface area (Å²) < 4.78 is 0. The van der Waals surface area contributed by atoms with Gasteiger partial charge in [0.05, 0.1) is 6.04 Å². The highest BCUT2D eigenvalue weighted by molar-refractivity contribution is 5.88. The Morgan fingerprint density at radius 2 is 1.95 bits per heavy atom. The number of carbonyl (C=O) groups excluding carboxylic acids is 1. The number of benzene rings is 1. The Morgan fingerprint density at radius 1 is 1.20 bits per heavy atom. The molecule has 2 fully saturated rings. The molecule has 1 aromatic rings. The lowest BCUT2D eigenvalue weighted by Crippen LogP contribution is -2.48. The number of hydrogen-bond donors (Lipinski definition) is 0. The van der Waals surface area contributed by atoms with Crippen LogP contribution in [0.2, 0.25) is 0 Å². The molecule has 0 aromatic heterocycles. The molecule has 3 rings (SSSR count). The predicted octanol–water partition coefficient (Wildman–Crippen LogP) is 3.31. The Kier molecular flexibility index (Phi) is 3.93. The van der Waals surface area contributed by atoms with E-state index in [0.29, 0.717) is 11.8 Å². The number of ketones is 1. The van der Waals surface area contributed by atoms with Gasteiger partial charge in [0.1, 0.15) is 0 Å². The van der Waals surface area contributed by atoms with Crippen LogP contribution in [0.25, 0.3) is 0 Å². The van der Waals surface area contributed by atoms with Crippen molar-refractivity contribution in [1.29, 1.82) is 0 Å². The zero-order chi connectivity index (χ0) is 14.1. The first-order valence-electron chi connectivity index (χ1n) is 8.00. The molecule has 0 aliphatic carbocycles. The summed E-state index contributed by atoms with van der Waals surface area (Å²) in [6.45, 7) is 2.26. The molecule has 108 valence electrons. The van der Waals surface area contributed by atoms with Crippen molar-refractivity contribution in [1.82, 2.24) is 4.90 Å². The van der Waals surface area contributed by atoms with E-state index in [4.69, 9.17) is 0 Å². The molecule has 2 saturated heterocycles. The van der Waals surface area contributed by atoms with Crippen LogP contribution in [-0.4, -0.2) is 29.8 Å². The molecule has 0 radical (unpaired) electrons.